The van der Waals surface area contributed by atoms with Crippen LogP contribution < -0.4 is 5.56 Å². The summed E-state index contributed by atoms with van der Waals surface area (Å²) in [5.41, 5.74) is 1.65. The average Bonchev–Trinajstić information content (AvgIpc) is 3.40. The van der Waals surface area contributed by atoms with Crippen LogP contribution in [0, 0.1) is 5.41 Å². The minimum Gasteiger partial charge on any atom is -0.378 e. The number of rotatable bonds is 7. The van der Waals surface area contributed by atoms with Gasteiger partial charge in [-0.2, -0.15) is 0 Å². The highest BCUT2D eigenvalue weighted by Crippen LogP contribution is 2.56. The Labute approximate surface area is 176 Å². The number of nitrogens with one attached hydrogen (secondary N) is 1. The molecule has 0 amide bonds. The van der Waals surface area contributed by atoms with E-state index in [1.807, 2.05) is 0 Å². The van der Waals surface area contributed by atoms with Crippen LogP contribution in [0.1, 0.15) is 75.1 Å². The van der Waals surface area contributed by atoms with Crippen molar-refractivity contribution in [1.82, 2.24) is 14.9 Å². The van der Waals surface area contributed by atoms with E-state index in [-0.39, 0.29) is 5.56 Å². The van der Waals surface area contributed by atoms with E-state index in [1.165, 1.54) is 42.5 Å². The summed E-state index contributed by atoms with van der Waals surface area (Å²) in [5.74, 6) is 0.837. The fourth-order valence-corrected chi connectivity index (χ4v) is 7.59. The van der Waals surface area contributed by atoms with Crippen LogP contribution in [-0.4, -0.2) is 40.2 Å². The van der Waals surface area contributed by atoms with Crippen molar-refractivity contribution >= 4 is 21.6 Å². The minimum absolute atomic E-state index is 0.0669. The number of aromatic nitrogens is 2. The van der Waals surface area contributed by atoms with Crippen molar-refractivity contribution in [3.05, 3.63) is 26.6 Å². The highest BCUT2D eigenvalue weighted by Gasteiger charge is 2.58. The molecule has 1 N–H and O–H groups in total. The number of fused-ring (bicyclic) bond motifs is 3. The molecular weight excluding hydrogens is 382 g/mol. The Morgan fingerprint density at radius 2 is 2.07 bits per heavy atom. The van der Waals surface area contributed by atoms with Crippen molar-refractivity contribution < 1.29 is 4.74 Å². The SMILES string of the molecule is CCCN(Cc1nc2sc3c(c2c(=O)[nH]1)CCC3)[C@H]1C[C@@H](OCC)C12CCCC2. The molecule has 2 atom stereocenters. The number of hydrogen-bond acceptors (Lipinski definition) is 5. The Morgan fingerprint density at radius 1 is 1.24 bits per heavy atom. The van der Waals surface area contributed by atoms with Crippen molar-refractivity contribution in [3.8, 4) is 0 Å². The summed E-state index contributed by atoms with van der Waals surface area (Å²) >= 11 is 1.74. The molecule has 3 aliphatic rings. The molecule has 5 nitrogen and oxygen atoms in total. The summed E-state index contributed by atoms with van der Waals surface area (Å²) in [7, 11) is 0. The molecule has 29 heavy (non-hydrogen) atoms. The molecule has 0 aromatic carbocycles. The third kappa shape index (κ3) is 3.19. The Hall–Kier alpha value is -1.24. The van der Waals surface area contributed by atoms with Gasteiger partial charge in [-0.15, -0.1) is 11.3 Å². The van der Waals surface area contributed by atoms with Gasteiger partial charge in [0.15, 0.2) is 0 Å². The summed E-state index contributed by atoms with van der Waals surface area (Å²) in [6, 6.07) is 0.552. The van der Waals surface area contributed by atoms with Crippen LogP contribution in [0.3, 0.4) is 0 Å². The molecule has 0 bridgehead atoms. The van der Waals surface area contributed by atoms with E-state index in [0.29, 0.717) is 17.6 Å². The molecule has 5 rings (SSSR count). The summed E-state index contributed by atoms with van der Waals surface area (Å²) < 4.78 is 6.14. The third-order valence-electron chi connectivity index (χ3n) is 7.57. The lowest BCUT2D eigenvalue weighted by molar-refractivity contribution is -0.167. The number of H-pyrrole nitrogens is 1. The van der Waals surface area contributed by atoms with Gasteiger partial charge in [-0.1, -0.05) is 19.8 Å². The van der Waals surface area contributed by atoms with E-state index in [0.717, 1.165) is 61.4 Å². The maximum Gasteiger partial charge on any atom is 0.259 e. The average molecular weight is 416 g/mol. The molecule has 2 saturated carbocycles. The first-order valence-corrected chi connectivity index (χ1v) is 12.4. The number of hydrogen-bond donors (Lipinski definition) is 1. The second-order valence-corrected chi connectivity index (χ2v) is 10.2. The molecule has 0 radical (unpaired) electrons. The van der Waals surface area contributed by atoms with Gasteiger partial charge in [0.2, 0.25) is 0 Å². The first-order chi connectivity index (χ1) is 14.2. The molecular formula is C23H33N3O2S. The zero-order valence-corrected chi connectivity index (χ0v) is 18.6. The van der Waals surface area contributed by atoms with Gasteiger partial charge in [0, 0.05) is 22.9 Å². The Morgan fingerprint density at radius 3 is 2.83 bits per heavy atom. The van der Waals surface area contributed by atoms with E-state index >= 15 is 0 Å². The molecule has 2 fully saturated rings. The van der Waals surface area contributed by atoms with E-state index in [9.17, 15) is 4.79 Å². The van der Waals surface area contributed by atoms with Crippen LogP contribution in [0.15, 0.2) is 4.79 Å². The molecule has 0 unspecified atom stereocenters. The van der Waals surface area contributed by atoms with Gasteiger partial charge in [0.1, 0.15) is 10.7 Å². The van der Waals surface area contributed by atoms with Gasteiger partial charge in [0.25, 0.3) is 5.56 Å². The number of nitrogens with zero attached hydrogens (tertiary/aromatic N) is 2. The van der Waals surface area contributed by atoms with Crippen LogP contribution in [0.5, 0.6) is 0 Å². The maximum atomic E-state index is 12.9. The van der Waals surface area contributed by atoms with E-state index in [2.05, 4.69) is 23.7 Å². The zero-order chi connectivity index (χ0) is 20.0. The van der Waals surface area contributed by atoms with Crippen LogP contribution in [0.25, 0.3) is 10.2 Å². The molecule has 2 heterocycles. The van der Waals surface area contributed by atoms with Gasteiger partial charge < -0.3 is 9.72 Å². The standard InChI is InChI=1S/C23H33N3O2S/c1-3-12-26(17-13-18(28-4-2)23(17)10-5-6-11-23)14-19-24-21(27)20-15-8-7-9-16(15)29-22(20)25-19/h17-18H,3-14H2,1-2H3,(H,24,25,27)/t17-,18+/m0/s1. The maximum absolute atomic E-state index is 12.9. The highest BCUT2D eigenvalue weighted by atomic mass is 32.1. The quantitative estimate of drug-likeness (QED) is 0.727. The fourth-order valence-electron chi connectivity index (χ4n) is 6.31. The summed E-state index contributed by atoms with van der Waals surface area (Å²) in [6.45, 7) is 6.96. The van der Waals surface area contributed by atoms with Crippen molar-refractivity contribution in [2.45, 2.75) is 90.3 Å². The van der Waals surface area contributed by atoms with Gasteiger partial charge >= 0.3 is 0 Å². The van der Waals surface area contributed by atoms with Gasteiger partial charge in [0.05, 0.1) is 18.0 Å². The molecule has 158 valence electrons. The molecule has 2 aromatic heterocycles. The smallest absolute Gasteiger partial charge is 0.259 e. The Kier molecular flexibility index (Phi) is 5.29. The Bertz CT molecular complexity index is 943. The summed E-state index contributed by atoms with van der Waals surface area (Å²) in [4.78, 5) is 25.8. The summed E-state index contributed by atoms with van der Waals surface area (Å²) in [5, 5.41) is 0.862. The van der Waals surface area contributed by atoms with E-state index < -0.39 is 0 Å². The normalized spacial score (nSPS) is 25.2. The zero-order valence-electron chi connectivity index (χ0n) is 17.8. The minimum atomic E-state index is 0.0669. The highest BCUT2D eigenvalue weighted by molar-refractivity contribution is 7.18. The lowest BCUT2D eigenvalue weighted by Crippen LogP contribution is -2.63. The lowest BCUT2D eigenvalue weighted by atomic mass is 9.60. The van der Waals surface area contributed by atoms with Gasteiger partial charge in [-0.25, -0.2) is 4.98 Å². The molecule has 0 aliphatic heterocycles. The topological polar surface area (TPSA) is 58.2 Å². The first kappa shape index (κ1) is 19.7. The number of ether oxygens (including phenoxy) is 1. The number of aromatic amines is 1. The van der Waals surface area contributed by atoms with Crippen molar-refractivity contribution in [2.24, 2.45) is 5.41 Å². The second kappa shape index (κ2) is 7.78. The fraction of sp³-hybridized carbons (Fsp3) is 0.739. The van der Waals surface area contributed by atoms with Crippen molar-refractivity contribution in [1.29, 1.82) is 0 Å². The lowest BCUT2D eigenvalue weighted by Gasteiger charge is -2.58. The third-order valence-corrected chi connectivity index (χ3v) is 8.76. The Balaban J connectivity index is 1.42. The van der Waals surface area contributed by atoms with Crippen LogP contribution >= 0.6 is 11.3 Å². The molecule has 0 saturated heterocycles. The van der Waals surface area contributed by atoms with Crippen molar-refractivity contribution in [3.63, 3.8) is 0 Å². The van der Waals surface area contributed by atoms with Gasteiger partial charge in [-0.05, 0) is 64.0 Å². The second-order valence-electron chi connectivity index (χ2n) is 9.16. The van der Waals surface area contributed by atoms with Gasteiger partial charge in [-0.3, -0.25) is 9.69 Å². The largest absolute Gasteiger partial charge is 0.378 e. The summed E-state index contributed by atoms with van der Waals surface area (Å²) in [6.07, 6.45) is 11.2. The predicted octanol–water partition coefficient (Wildman–Crippen LogP) is 4.42. The van der Waals surface area contributed by atoms with E-state index in [4.69, 9.17) is 9.72 Å². The van der Waals surface area contributed by atoms with E-state index in [1.54, 1.807) is 11.3 Å². The molecule has 3 aliphatic carbocycles. The predicted molar refractivity (Wildman–Crippen MR) is 118 cm³/mol. The monoisotopic (exact) mass is 415 g/mol. The molecule has 6 heteroatoms. The van der Waals surface area contributed by atoms with Crippen LogP contribution in [-0.2, 0) is 24.1 Å². The van der Waals surface area contributed by atoms with Crippen LogP contribution in [0.2, 0.25) is 0 Å². The first-order valence-electron chi connectivity index (χ1n) is 11.6. The van der Waals surface area contributed by atoms with Crippen molar-refractivity contribution in [2.75, 3.05) is 13.2 Å². The van der Waals surface area contributed by atoms with Crippen LogP contribution in [0.4, 0.5) is 0 Å². The number of thiophene rings is 1. The number of aryl methyl sites for hydroxylation is 2. The molecule has 1 spiro atoms. The molecule has 2 aromatic rings.